The summed E-state index contributed by atoms with van der Waals surface area (Å²) in [5, 5.41) is 4.66. The van der Waals surface area contributed by atoms with E-state index in [1.54, 1.807) is 0 Å². The molecule has 0 aliphatic heterocycles. The molecule has 1 aliphatic rings. The van der Waals surface area contributed by atoms with Crippen molar-refractivity contribution in [3.8, 4) is 0 Å². The van der Waals surface area contributed by atoms with Gasteiger partial charge in [-0.15, -0.1) is 0 Å². The second-order valence-corrected chi connectivity index (χ2v) is 3.04. The molecule has 0 aromatic carbocycles. The number of rotatable bonds is 3. The Morgan fingerprint density at radius 3 is 2.46 bits per heavy atom. The van der Waals surface area contributed by atoms with Gasteiger partial charge < -0.3 is 10.6 Å². The summed E-state index contributed by atoms with van der Waals surface area (Å²) < 4.78 is 34.8. The van der Waals surface area contributed by atoms with Crippen LogP contribution in [-0.2, 0) is 0 Å². The molecule has 0 aromatic heterocycles. The Hall–Kier alpha value is -0.940. The number of halogens is 3. The van der Waals surface area contributed by atoms with Crippen molar-refractivity contribution in [2.75, 3.05) is 6.54 Å². The van der Waals surface area contributed by atoms with Gasteiger partial charge in [0.1, 0.15) is 0 Å². The molecule has 2 amide bonds. The molecule has 0 unspecified atom stereocenters. The van der Waals surface area contributed by atoms with Crippen molar-refractivity contribution in [1.82, 2.24) is 10.6 Å². The van der Waals surface area contributed by atoms with E-state index in [1.807, 2.05) is 0 Å². The zero-order chi connectivity index (χ0) is 9.90. The van der Waals surface area contributed by atoms with Crippen LogP contribution in [0.15, 0.2) is 0 Å². The fourth-order valence-corrected chi connectivity index (χ4v) is 0.782. The normalized spacial score (nSPS) is 16.8. The molecule has 0 heterocycles. The number of hydrogen-bond donors (Lipinski definition) is 2. The van der Waals surface area contributed by atoms with Crippen molar-refractivity contribution >= 4 is 6.03 Å². The highest BCUT2D eigenvalue weighted by Crippen LogP contribution is 2.19. The molecule has 0 atom stereocenters. The van der Waals surface area contributed by atoms with Crippen LogP contribution in [0.2, 0.25) is 0 Å². The minimum atomic E-state index is -4.20. The van der Waals surface area contributed by atoms with Crippen molar-refractivity contribution in [1.29, 1.82) is 0 Å². The van der Waals surface area contributed by atoms with Gasteiger partial charge in [0, 0.05) is 12.6 Å². The van der Waals surface area contributed by atoms with Crippen molar-refractivity contribution < 1.29 is 18.0 Å². The Balaban J connectivity index is 2.01. The Kier molecular flexibility index (Phi) is 3.00. The van der Waals surface area contributed by atoms with Crippen LogP contribution in [0.1, 0.15) is 19.3 Å². The quantitative estimate of drug-likeness (QED) is 0.703. The van der Waals surface area contributed by atoms with E-state index >= 15 is 0 Å². The lowest BCUT2D eigenvalue weighted by Crippen LogP contribution is -2.38. The number of nitrogens with one attached hydrogen (secondary N) is 2. The van der Waals surface area contributed by atoms with Gasteiger partial charge in [-0.1, -0.05) is 0 Å². The van der Waals surface area contributed by atoms with E-state index in [-0.39, 0.29) is 12.6 Å². The third-order valence-electron chi connectivity index (χ3n) is 1.61. The number of carbonyl (C=O) groups excluding carboxylic acids is 1. The van der Waals surface area contributed by atoms with Crippen LogP contribution in [0.4, 0.5) is 18.0 Å². The highest BCUT2D eigenvalue weighted by molar-refractivity contribution is 5.74. The molecule has 0 aromatic rings. The van der Waals surface area contributed by atoms with Gasteiger partial charge in [-0.2, -0.15) is 13.2 Å². The second-order valence-electron chi connectivity index (χ2n) is 3.04. The molecule has 1 rings (SSSR count). The third kappa shape index (κ3) is 5.32. The minimum Gasteiger partial charge on any atom is -0.338 e. The van der Waals surface area contributed by atoms with Crippen LogP contribution >= 0.6 is 0 Å². The van der Waals surface area contributed by atoms with E-state index < -0.39 is 18.6 Å². The van der Waals surface area contributed by atoms with Gasteiger partial charge >= 0.3 is 12.2 Å². The van der Waals surface area contributed by atoms with Gasteiger partial charge in [-0.3, -0.25) is 0 Å². The van der Waals surface area contributed by atoms with E-state index in [2.05, 4.69) is 10.6 Å². The molecule has 13 heavy (non-hydrogen) atoms. The van der Waals surface area contributed by atoms with Crippen LogP contribution in [0.3, 0.4) is 0 Å². The number of urea groups is 1. The summed E-state index contributed by atoms with van der Waals surface area (Å²) in [7, 11) is 0. The molecule has 2 N–H and O–H groups in total. The molecule has 6 heteroatoms. The fraction of sp³-hybridized carbons (Fsp3) is 0.857. The van der Waals surface area contributed by atoms with Crippen molar-refractivity contribution in [3.63, 3.8) is 0 Å². The number of carbonyl (C=O) groups is 1. The second kappa shape index (κ2) is 3.85. The lowest BCUT2D eigenvalue weighted by atomic mass is 10.4. The first kappa shape index (κ1) is 10.1. The number of amides is 2. The van der Waals surface area contributed by atoms with Crippen LogP contribution in [-0.4, -0.2) is 24.8 Å². The van der Waals surface area contributed by atoms with E-state index in [1.165, 1.54) is 0 Å². The minimum absolute atomic E-state index is 0.172. The van der Waals surface area contributed by atoms with Crippen LogP contribution in [0, 0.1) is 0 Å². The van der Waals surface area contributed by atoms with Crippen LogP contribution in [0.5, 0.6) is 0 Å². The molecule has 76 valence electrons. The molecule has 0 saturated heterocycles. The van der Waals surface area contributed by atoms with Gasteiger partial charge in [-0.05, 0) is 12.8 Å². The Morgan fingerprint density at radius 1 is 1.38 bits per heavy atom. The largest absolute Gasteiger partial charge is 0.390 e. The first-order chi connectivity index (χ1) is 5.97. The van der Waals surface area contributed by atoms with Gasteiger partial charge in [-0.25, -0.2) is 4.79 Å². The maximum Gasteiger partial charge on any atom is 0.390 e. The van der Waals surface area contributed by atoms with Gasteiger partial charge in [0.15, 0.2) is 0 Å². The van der Waals surface area contributed by atoms with Crippen LogP contribution in [0.25, 0.3) is 0 Å². The molecular formula is C7H11F3N2O. The zero-order valence-electron chi connectivity index (χ0n) is 6.95. The molecule has 1 saturated carbocycles. The van der Waals surface area contributed by atoms with Gasteiger partial charge in [0.05, 0.1) is 6.42 Å². The summed E-state index contributed by atoms with van der Waals surface area (Å²) in [5.74, 6) is 0. The number of hydrogen-bond acceptors (Lipinski definition) is 1. The Bertz CT molecular complexity index is 189. The van der Waals surface area contributed by atoms with Crippen molar-refractivity contribution in [2.45, 2.75) is 31.5 Å². The molecule has 1 fully saturated rings. The summed E-state index contributed by atoms with van der Waals surface area (Å²) in [6.45, 7) is -0.359. The Labute approximate surface area is 73.7 Å². The maximum atomic E-state index is 11.6. The van der Waals surface area contributed by atoms with E-state index in [0.717, 1.165) is 12.8 Å². The molecule has 0 radical (unpaired) electrons. The fourth-order valence-electron chi connectivity index (χ4n) is 0.782. The summed E-state index contributed by atoms with van der Waals surface area (Å²) in [6.07, 6.45) is -3.34. The summed E-state index contributed by atoms with van der Waals surface area (Å²) >= 11 is 0. The summed E-state index contributed by atoms with van der Waals surface area (Å²) in [6, 6.07) is -0.336. The summed E-state index contributed by atoms with van der Waals surface area (Å²) in [4.78, 5) is 10.8. The predicted molar refractivity (Wildman–Crippen MR) is 40.2 cm³/mol. The maximum absolute atomic E-state index is 11.6. The lowest BCUT2D eigenvalue weighted by molar-refractivity contribution is -0.132. The lowest BCUT2D eigenvalue weighted by Gasteiger charge is -2.08. The topological polar surface area (TPSA) is 41.1 Å². The van der Waals surface area contributed by atoms with E-state index in [4.69, 9.17) is 0 Å². The van der Waals surface area contributed by atoms with Gasteiger partial charge in [0.25, 0.3) is 0 Å². The monoisotopic (exact) mass is 196 g/mol. The smallest absolute Gasteiger partial charge is 0.338 e. The molecule has 0 bridgehead atoms. The predicted octanol–water partition coefficient (Wildman–Crippen LogP) is 1.40. The Morgan fingerprint density at radius 2 is 2.00 bits per heavy atom. The average molecular weight is 196 g/mol. The molecular weight excluding hydrogens is 185 g/mol. The third-order valence-corrected chi connectivity index (χ3v) is 1.61. The van der Waals surface area contributed by atoms with Gasteiger partial charge in [0.2, 0.25) is 0 Å². The number of alkyl halides is 3. The first-order valence-corrected chi connectivity index (χ1v) is 4.08. The van der Waals surface area contributed by atoms with Crippen LogP contribution < -0.4 is 10.6 Å². The van der Waals surface area contributed by atoms with Crippen molar-refractivity contribution in [3.05, 3.63) is 0 Å². The highest BCUT2D eigenvalue weighted by atomic mass is 19.4. The van der Waals surface area contributed by atoms with Crippen molar-refractivity contribution in [2.24, 2.45) is 0 Å². The molecule has 3 nitrogen and oxygen atoms in total. The average Bonchev–Trinajstić information content (AvgIpc) is 2.68. The first-order valence-electron chi connectivity index (χ1n) is 4.08. The zero-order valence-corrected chi connectivity index (χ0v) is 6.95. The standard InChI is InChI=1S/C7H11F3N2O/c8-7(9,10)3-4-11-6(13)12-5-1-2-5/h5H,1-4H2,(H2,11,12,13). The molecule has 1 aliphatic carbocycles. The SMILES string of the molecule is O=C(NCCC(F)(F)F)NC1CC1. The molecule has 0 spiro atoms. The highest BCUT2D eigenvalue weighted by Gasteiger charge is 2.27. The van der Waals surface area contributed by atoms with E-state index in [9.17, 15) is 18.0 Å². The summed E-state index contributed by atoms with van der Waals surface area (Å²) in [5.41, 5.74) is 0. The van der Waals surface area contributed by atoms with E-state index in [0.29, 0.717) is 0 Å².